The Labute approximate surface area is 164 Å². The lowest BCUT2D eigenvalue weighted by Gasteiger charge is -2.43. The number of aromatic nitrogens is 3. The summed E-state index contributed by atoms with van der Waals surface area (Å²) in [7, 11) is 3.28. The Kier molecular flexibility index (Phi) is 5.32. The van der Waals surface area contributed by atoms with Crippen LogP contribution in [0.1, 0.15) is 29.8 Å². The van der Waals surface area contributed by atoms with Crippen LogP contribution in [0.25, 0.3) is 0 Å². The summed E-state index contributed by atoms with van der Waals surface area (Å²) >= 11 is 0. The third-order valence-electron chi connectivity index (χ3n) is 5.67. The number of methoxy groups -OCH3 is 2. The van der Waals surface area contributed by atoms with Gasteiger partial charge in [-0.2, -0.15) is 0 Å². The van der Waals surface area contributed by atoms with Crippen molar-refractivity contribution in [3.05, 3.63) is 41.2 Å². The Balaban J connectivity index is 1.35. The molecule has 0 saturated carbocycles. The molecular weight excluding hydrogens is 360 g/mol. The molecule has 1 aromatic heterocycles. The van der Waals surface area contributed by atoms with Gasteiger partial charge in [0.15, 0.2) is 0 Å². The average Bonchev–Trinajstić information content (AvgIpc) is 3.10. The number of fused-ring (bicyclic) bond motifs is 1. The molecule has 2 aliphatic heterocycles. The van der Waals surface area contributed by atoms with E-state index in [0.717, 1.165) is 35.5 Å². The van der Waals surface area contributed by atoms with E-state index < -0.39 is 0 Å². The molecule has 0 atom stereocenters. The molecule has 1 fully saturated rings. The number of hydrogen-bond acceptors (Lipinski definition) is 6. The largest absolute Gasteiger partial charge is 0.497 e. The van der Waals surface area contributed by atoms with E-state index in [9.17, 15) is 4.79 Å². The molecule has 0 radical (unpaired) electrons. The van der Waals surface area contributed by atoms with Crippen LogP contribution in [0.3, 0.4) is 0 Å². The van der Waals surface area contributed by atoms with Gasteiger partial charge in [-0.25, -0.2) is 4.68 Å². The molecule has 2 aliphatic rings. The topological polar surface area (TPSA) is 78.7 Å². The number of hydrogen-bond donors (Lipinski definition) is 0. The van der Waals surface area contributed by atoms with Crippen LogP contribution in [0.4, 0.5) is 0 Å². The maximum atomic E-state index is 12.7. The van der Waals surface area contributed by atoms with Gasteiger partial charge in [-0.05, 0) is 30.5 Å². The lowest BCUT2D eigenvalue weighted by atomic mass is 9.89. The van der Waals surface area contributed by atoms with Crippen LogP contribution in [-0.4, -0.2) is 58.7 Å². The maximum absolute atomic E-state index is 12.7. The van der Waals surface area contributed by atoms with Gasteiger partial charge in [0.2, 0.25) is 5.91 Å². The third-order valence-corrected chi connectivity index (χ3v) is 5.67. The van der Waals surface area contributed by atoms with Gasteiger partial charge in [0.1, 0.15) is 11.4 Å². The van der Waals surface area contributed by atoms with E-state index in [1.165, 1.54) is 0 Å². The molecule has 1 saturated heterocycles. The molecule has 0 aliphatic carbocycles. The lowest BCUT2D eigenvalue weighted by Crippen LogP contribution is -2.52. The Morgan fingerprint density at radius 3 is 2.86 bits per heavy atom. The average molecular weight is 386 g/mol. The second-order valence-electron chi connectivity index (χ2n) is 7.45. The number of piperidine rings is 1. The molecule has 150 valence electrons. The van der Waals surface area contributed by atoms with Gasteiger partial charge in [-0.15, -0.1) is 5.10 Å². The molecule has 28 heavy (non-hydrogen) atoms. The fourth-order valence-electron chi connectivity index (χ4n) is 3.98. The quantitative estimate of drug-likeness (QED) is 0.776. The van der Waals surface area contributed by atoms with Gasteiger partial charge >= 0.3 is 0 Å². The highest BCUT2D eigenvalue weighted by Gasteiger charge is 2.41. The molecule has 0 N–H and O–H groups in total. The smallest absolute Gasteiger partial charge is 0.226 e. The van der Waals surface area contributed by atoms with Crippen LogP contribution >= 0.6 is 0 Å². The Morgan fingerprint density at radius 2 is 2.11 bits per heavy atom. The summed E-state index contributed by atoms with van der Waals surface area (Å²) in [5.41, 5.74) is 2.53. The molecule has 8 nitrogen and oxygen atoms in total. The fourth-order valence-corrected chi connectivity index (χ4v) is 3.98. The number of amides is 1. The fraction of sp³-hybridized carbons (Fsp3) is 0.550. The van der Waals surface area contributed by atoms with Crippen LogP contribution in [0.15, 0.2) is 24.3 Å². The second kappa shape index (κ2) is 7.89. The van der Waals surface area contributed by atoms with Crippen LogP contribution in [0.2, 0.25) is 0 Å². The highest BCUT2D eigenvalue weighted by Crippen LogP contribution is 2.33. The zero-order valence-electron chi connectivity index (χ0n) is 16.4. The summed E-state index contributed by atoms with van der Waals surface area (Å²) in [5, 5.41) is 8.47. The number of benzene rings is 1. The van der Waals surface area contributed by atoms with E-state index in [1.807, 2.05) is 33.8 Å². The molecule has 2 aromatic rings. The van der Waals surface area contributed by atoms with Crippen molar-refractivity contribution in [2.45, 2.75) is 44.6 Å². The van der Waals surface area contributed by atoms with E-state index in [1.54, 1.807) is 14.2 Å². The van der Waals surface area contributed by atoms with Crippen molar-refractivity contribution in [1.82, 2.24) is 19.9 Å². The molecule has 3 heterocycles. The van der Waals surface area contributed by atoms with Gasteiger partial charge in [0.05, 0.1) is 44.6 Å². The summed E-state index contributed by atoms with van der Waals surface area (Å²) in [5.74, 6) is 0.915. The van der Waals surface area contributed by atoms with Gasteiger partial charge in [-0.1, -0.05) is 17.3 Å². The zero-order chi connectivity index (χ0) is 19.6. The first-order chi connectivity index (χ1) is 13.6. The van der Waals surface area contributed by atoms with Crippen molar-refractivity contribution < 1.29 is 19.0 Å². The number of rotatable bonds is 5. The summed E-state index contributed by atoms with van der Waals surface area (Å²) < 4.78 is 18.6. The first-order valence-electron chi connectivity index (χ1n) is 9.57. The minimum Gasteiger partial charge on any atom is -0.497 e. The molecule has 4 rings (SSSR count). The van der Waals surface area contributed by atoms with Crippen molar-refractivity contribution in [2.75, 3.05) is 27.3 Å². The molecule has 1 aromatic carbocycles. The highest BCUT2D eigenvalue weighted by atomic mass is 16.5. The van der Waals surface area contributed by atoms with Gasteiger partial charge in [0.25, 0.3) is 0 Å². The molecule has 1 amide bonds. The van der Waals surface area contributed by atoms with E-state index >= 15 is 0 Å². The van der Waals surface area contributed by atoms with E-state index in [0.29, 0.717) is 39.3 Å². The summed E-state index contributed by atoms with van der Waals surface area (Å²) in [6.45, 7) is 2.99. The minimum atomic E-state index is -0.266. The molecule has 0 bridgehead atoms. The predicted molar refractivity (Wildman–Crippen MR) is 101 cm³/mol. The number of likely N-dealkylation sites (tertiary alicyclic amines) is 1. The van der Waals surface area contributed by atoms with E-state index in [4.69, 9.17) is 14.2 Å². The predicted octanol–water partition coefficient (Wildman–Crippen LogP) is 1.57. The normalized spacial score (nSPS) is 18.1. The van der Waals surface area contributed by atoms with Gasteiger partial charge in [-0.3, -0.25) is 4.79 Å². The lowest BCUT2D eigenvalue weighted by molar-refractivity contribution is -0.145. The zero-order valence-corrected chi connectivity index (χ0v) is 16.4. The number of carbonyl (C=O) groups is 1. The third kappa shape index (κ3) is 3.74. The summed E-state index contributed by atoms with van der Waals surface area (Å²) in [6, 6.07) is 7.67. The standard InChI is InChI=1S/C20H26N4O4/c1-26-12-17-18-13-28-20(14-24(18)22-21-17)6-8-23(9-7-20)19(25)11-15-4-3-5-16(10-15)27-2/h3-5,10H,6-9,11-14H2,1-2H3. The Morgan fingerprint density at radius 1 is 1.29 bits per heavy atom. The van der Waals surface area contributed by atoms with E-state index in [-0.39, 0.29) is 11.5 Å². The van der Waals surface area contributed by atoms with Crippen molar-refractivity contribution in [3.63, 3.8) is 0 Å². The van der Waals surface area contributed by atoms with Gasteiger partial charge in [0, 0.05) is 20.2 Å². The highest BCUT2D eigenvalue weighted by molar-refractivity contribution is 5.79. The van der Waals surface area contributed by atoms with Gasteiger partial charge < -0.3 is 19.1 Å². The number of ether oxygens (including phenoxy) is 3. The monoisotopic (exact) mass is 386 g/mol. The number of nitrogens with zero attached hydrogens (tertiary/aromatic N) is 4. The Bertz CT molecular complexity index is 842. The molecule has 1 spiro atoms. The number of carbonyl (C=O) groups excluding carboxylic acids is 1. The molecule has 0 unspecified atom stereocenters. The SMILES string of the molecule is COCc1nnn2c1COC1(CCN(C(=O)Cc3cccc(OC)c3)CC1)C2. The van der Waals surface area contributed by atoms with E-state index in [2.05, 4.69) is 10.3 Å². The van der Waals surface area contributed by atoms with Crippen molar-refractivity contribution in [3.8, 4) is 5.75 Å². The first kappa shape index (κ1) is 18.9. The minimum absolute atomic E-state index is 0.141. The molecular formula is C20H26N4O4. The van der Waals surface area contributed by atoms with Crippen LogP contribution in [0.5, 0.6) is 5.75 Å². The van der Waals surface area contributed by atoms with Crippen LogP contribution in [-0.2, 0) is 40.4 Å². The molecule has 8 heteroatoms. The Hall–Kier alpha value is -2.45. The van der Waals surface area contributed by atoms with Crippen molar-refractivity contribution in [1.29, 1.82) is 0 Å². The maximum Gasteiger partial charge on any atom is 0.226 e. The summed E-state index contributed by atoms with van der Waals surface area (Å²) in [6.07, 6.45) is 1.99. The van der Waals surface area contributed by atoms with Crippen molar-refractivity contribution in [2.24, 2.45) is 0 Å². The second-order valence-corrected chi connectivity index (χ2v) is 7.45. The van der Waals surface area contributed by atoms with Crippen LogP contribution < -0.4 is 4.74 Å². The van der Waals surface area contributed by atoms with Crippen molar-refractivity contribution >= 4 is 5.91 Å². The van der Waals surface area contributed by atoms with Crippen LogP contribution in [0, 0.1) is 0 Å². The first-order valence-corrected chi connectivity index (χ1v) is 9.57. The summed E-state index contributed by atoms with van der Waals surface area (Å²) in [4.78, 5) is 14.6.